The summed E-state index contributed by atoms with van der Waals surface area (Å²) < 4.78 is 16.6. The summed E-state index contributed by atoms with van der Waals surface area (Å²) in [6.45, 7) is 2.70. The van der Waals surface area contributed by atoms with E-state index in [-0.39, 0.29) is 17.9 Å². The second kappa shape index (κ2) is 10.9. The summed E-state index contributed by atoms with van der Waals surface area (Å²) in [4.78, 5) is 32.2. The number of aliphatic hydroxyl groups is 1. The largest absolute Gasteiger partial charge is 0.507 e. The van der Waals surface area contributed by atoms with Gasteiger partial charge in [-0.2, -0.15) is 0 Å². The molecule has 0 radical (unpaired) electrons. The number of ketones is 1. The number of hydrogen-bond acceptors (Lipinski definition) is 7. The Labute approximate surface area is 209 Å². The van der Waals surface area contributed by atoms with E-state index in [9.17, 15) is 14.7 Å². The molecule has 3 aromatic rings. The van der Waals surface area contributed by atoms with Gasteiger partial charge in [0.1, 0.15) is 23.0 Å². The molecule has 1 aromatic heterocycles. The lowest BCUT2D eigenvalue weighted by atomic mass is 9.94. The van der Waals surface area contributed by atoms with Crippen molar-refractivity contribution in [2.24, 2.45) is 0 Å². The Morgan fingerprint density at radius 3 is 2.42 bits per heavy atom. The number of methoxy groups -OCH3 is 2. The summed E-state index contributed by atoms with van der Waals surface area (Å²) in [5.74, 6) is -0.158. The molecule has 8 heteroatoms. The second-order valence-electron chi connectivity index (χ2n) is 8.27. The maximum Gasteiger partial charge on any atom is 0.295 e. The van der Waals surface area contributed by atoms with Crippen molar-refractivity contribution in [3.8, 4) is 17.2 Å². The van der Waals surface area contributed by atoms with Crippen molar-refractivity contribution in [1.82, 2.24) is 9.88 Å². The van der Waals surface area contributed by atoms with E-state index >= 15 is 0 Å². The zero-order valence-corrected chi connectivity index (χ0v) is 20.4. The highest BCUT2D eigenvalue weighted by molar-refractivity contribution is 6.46. The summed E-state index contributed by atoms with van der Waals surface area (Å²) >= 11 is 0. The summed E-state index contributed by atoms with van der Waals surface area (Å²) in [5.41, 5.74) is 1.62. The average molecular weight is 489 g/mol. The van der Waals surface area contributed by atoms with Crippen LogP contribution in [0.1, 0.15) is 36.1 Å². The number of likely N-dealkylation sites (tertiary alicyclic amines) is 1. The van der Waals surface area contributed by atoms with Gasteiger partial charge in [0.25, 0.3) is 11.7 Å². The maximum atomic E-state index is 13.3. The van der Waals surface area contributed by atoms with Gasteiger partial charge in [-0.25, -0.2) is 0 Å². The number of ether oxygens (including phenoxy) is 3. The van der Waals surface area contributed by atoms with Crippen LogP contribution in [0.25, 0.3) is 5.76 Å². The normalized spacial score (nSPS) is 16.8. The molecular weight excluding hydrogens is 460 g/mol. The fourth-order valence-electron chi connectivity index (χ4n) is 4.19. The number of Topliss-reactive ketones (excluding diaryl/α,β-unsaturated/α-hetero) is 1. The van der Waals surface area contributed by atoms with Gasteiger partial charge in [-0.3, -0.25) is 14.6 Å². The number of aromatic nitrogens is 1. The fraction of sp³-hybridized carbons (Fsp3) is 0.250. The van der Waals surface area contributed by atoms with Gasteiger partial charge in [-0.1, -0.05) is 13.0 Å². The molecule has 0 aliphatic carbocycles. The van der Waals surface area contributed by atoms with Crippen molar-refractivity contribution < 1.29 is 28.9 Å². The number of benzene rings is 2. The Morgan fingerprint density at radius 2 is 1.78 bits per heavy atom. The number of pyridine rings is 1. The van der Waals surface area contributed by atoms with Crippen LogP contribution in [0.4, 0.5) is 0 Å². The highest BCUT2D eigenvalue weighted by Gasteiger charge is 2.47. The number of nitrogens with zero attached hydrogens (tertiary/aromatic N) is 2. The zero-order chi connectivity index (χ0) is 25.7. The molecular formula is C28H28N2O6. The summed E-state index contributed by atoms with van der Waals surface area (Å²) in [6, 6.07) is 14.6. The molecule has 1 atom stereocenters. The van der Waals surface area contributed by atoms with Crippen molar-refractivity contribution in [3.05, 3.63) is 89.3 Å². The Balaban J connectivity index is 1.86. The summed E-state index contributed by atoms with van der Waals surface area (Å²) in [5, 5.41) is 11.3. The minimum Gasteiger partial charge on any atom is -0.507 e. The van der Waals surface area contributed by atoms with E-state index in [1.54, 1.807) is 60.9 Å². The third-order valence-corrected chi connectivity index (χ3v) is 5.95. The average Bonchev–Trinajstić information content (AvgIpc) is 3.16. The van der Waals surface area contributed by atoms with Crippen LogP contribution in [0.3, 0.4) is 0 Å². The molecule has 4 rings (SSSR count). The molecule has 1 N–H and O–H groups in total. The van der Waals surface area contributed by atoms with Crippen LogP contribution in [0.2, 0.25) is 0 Å². The Bertz CT molecular complexity index is 1270. The van der Waals surface area contributed by atoms with Gasteiger partial charge < -0.3 is 24.2 Å². The lowest BCUT2D eigenvalue weighted by Crippen LogP contribution is -2.29. The Hall–Kier alpha value is -4.33. The number of carbonyl (C=O) groups is 2. The predicted molar refractivity (Wildman–Crippen MR) is 134 cm³/mol. The zero-order valence-electron chi connectivity index (χ0n) is 20.4. The van der Waals surface area contributed by atoms with E-state index in [1.165, 1.54) is 19.1 Å². The van der Waals surface area contributed by atoms with Crippen LogP contribution < -0.4 is 14.2 Å². The molecule has 2 heterocycles. The number of carbonyl (C=O) groups excluding carboxylic acids is 2. The number of aliphatic hydroxyl groups excluding tert-OH is 1. The molecule has 2 aromatic carbocycles. The summed E-state index contributed by atoms with van der Waals surface area (Å²) in [6.07, 6.45) is 4.13. The van der Waals surface area contributed by atoms with Crippen LogP contribution in [0.15, 0.2) is 72.6 Å². The molecule has 1 aliphatic rings. The third-order valence-electron chi connectivity index (χ3n) is 5.95. The molecule has 186 valence electrons. The van der Waals surface area contributed by atoms with Gasteiger partial charge in [0.15, 0.2) is 0 Å². The van der Waals surface area contributed by atoms with Crippen molar-refractivity contribution in [2.45, 2.75) is 25.9 Å². The molecule has 0 saturated carbocycles. The first-order valence-electron chi connectivity index (χ1n) is 11.6. The van der Waals surface area contributed by atoms with Crippen molar-refractivity contribution in [3.63, 3.8) is 0 Å². The molecule has 1 unspecified atom stereocenters. The summed E-state index contributed by atoms with van der Waals surface area (Å²) in [7, 11) is 3.04. The standard InChI is InChI=1S/C28H28N2O6/c1-4-14-36-20-9-7-19(8-10-20)26(31)24-25(22-15-21(34-2)11-12-23(22)35-3)30(28(33)27(24)32)17-18-6-5-13-29-16-18/h5-13,15-16,25,31H,4,14,17H2,1-3H3/b26-24-. The predicted octanol–water partition coefficient (Wildman–Crippen LogP) is 4.51. The fourth-order valence-corrected chi connectivity index (χ4v) is 4.19. The van der Waals surface area contributed by atoms with Gasteiger partial charge >= 0.3 is 0 Å². The highest BCUT2D eigenvalue weighted by atomic mass is 16.5. The van der Waals surface area contributed by atoms with E-state index in [0.717, 1.165) is 12.0 Å². The van der Waals surface area contributed by atoms with E-state index in [0.29, 0.717) is 35.0 Å². The second-order valence-corrected chi connectivity index (χ2v) is 8.27. The Kier molecular flexibility index (Phi) is 7.53. The number of rotatable bonds is 9. The van der Waals surface area contributed by atoms with E-state index in [2.05, 4.69) is 4.98 Å². The molecule has 1 saturated heterocycles. The van der Waals surface area contributed by atoms with Gasteiger partial charge in [0.05, 0.1) is 32.4 Å². The molecule has 0 spiro atoms. The third kappa shape index (κ3) is 4.88. The smallest absolute Gasteiger partial charge is 0.295 e. The first kappa shape index (κ1) is 24.8. The van der Waals surface area contributed by atoms with Crippen molar-refractivity contribution in [1.29, 1.82) is 0 Å². The van der Waals surface area contributed by atoms with Crippen LogP contribution >= 0.6 is 0 Å². The molecule has 8 nitrogen and oxygen atoms in total. The quantitative estimate of drug-likeness (QED) is 0.269. The topological polar surface area (TPSA) is 98.2 Å². The molecule has 1 amide bonds. The minimum atomic E-state index is -0.911. The highest BCUT2D eigenvalue weighted by Crippen LogP contribution is 2.44. The monoisotopic (exact) mass is 488 g/mol. The van der Waals surface area contributed by atoms with E-state index in [1.807, 2.05) is 13.0 Å². The lowest BCUT2D eigenvalue weighted by molar-refractivity contribution is -0.140. The number of hydrogen-bond donors (Lipinski definition) is 1. The SMILES string of the molecule is CCCOc1ccc(/C(O)=C2/C(=O)C(=O)N(Cc3cccnc3)C2c2cc(OC)ccc2OC)cc1. The number of amides is 1. The van der Waals surface area contributed by atoms with Gasteiger partial charge in [-0.05, 0) is 60.5 Å². The van der Waals surface area contributed by atoms with Crippen molar-refractivity contribution in [2.75, 3.05) is 20.8 Å². The molecule has 36 heavy (non-hydrogen) atoms. The van der Waals surface area contributed by atoms with Crippen LogP contribution in [0, 0.1) is 0 Å². The van der Waals surface area contributed by atoms with E-state index in [4.69, 9.17) is 14.2 Å². The van der Waals surface area contributed by atoms with Crippen LogP contribution in [-0.4, -0.2) is 47.5 Å². The molecule has 1 fully saturated rings. The molecule has 0 bridgehead atoms. The lowest BCUT2D eigenvalue weighted by Gasteiger charge is -2.27. The minimum absolute atomic E-state index is 0.0299. The van der Waals surface area contributed by atoms with Crippen LogP contribution in [0.5, 0.6) is 17.2 Å². The van der Waals surface area contributed by atoms with Crippen LogP contribution in [-0.2, 0) is 16.1 Å². The first-order chi connectivity index (χ1) is 17.5. The van der Waals surface area contributed by atoms with Gasteiger partial charge in [0, 0.05) is 30.1 Å². The Morgan fingerprint density at radius 1 is 1.03 bits per heavy atom. The molecule has 1 aliphatic heterocycles. The van der Waals surface area contributed by atoms with Crippen molar-refractivity contribution >= 4 is 17.4 Å². The maximum absolute atomic E-state index is 13.3. The first-order valence-corrected chi connectivity index (χ1v) is 11.6. The van der Waals surface area contributed by atoms with Gasteiger partial charge in [-0.15, -0.1) is 0 Å². The van der Waals surface area contributed by atoms with Gasteiger partial charge in [0.2, 0.25) is 0 Å². The van der Waals surface area contributed by atoms with E-state index < -0.39 is 17.7 Å².